The van der Waals surface area contributed by atoms with Crippen molar-refractivity contribution in [2.45, 2.75) is 31.5 Å². The van der Waals surface area contributed by atoms with Crippen molar-refractivity contribution in [3.8, 4) is 11.5 Å². The minimum absolute atomic E-state index is 0.0615. The Labute approximate surface area is 148 Å². The van der Waals surface area contributed by atoms with Crippen molar-refractivity contribution >= 4 is 6.03 Å². The summed E-state index contributed by atoms with van der Waals surface area (Å²) in [6, 6.07) is 5.97. The third-order valence-corrected chi connectivity index (χ3v) is 4.88. The van der Waals surface area contributed by atoms with E-state index in [2.05, 4.69) is 15.5 Å². The van der Waals surface area contributed by atoms with E-state index < -0.39 is 0 Å². The smallest absolute Gasteiger partial charge is 0.315 e. The van der Waals surface area contributed by atoms with Crippen LogP contribution in [0.15, 0.2) is 18.2 Å². The number of morpholine rings is 1. The third-order valence-electron chi connectivity index (χ3n) is 4.88. The molecule has 2 aliphatic rings. The summed E-state index contributed by atoms with van der Waals surface area (Å²) in [6.45, 7) is 3.70. The number of nitrogens with one attached hydrogen (secondary N) is 2. The monoisotopic (exact) mass is 349 g/mol. The summed E-state index contributed by atoms with van der Waals surface area (Å²) in [7, 11) is 3.18. The second kappa shape index (κ2) is 8.40. The van der Waals surface area contributed by atoms with Crippen LogP contribution in [-0.4, -0.2) is 63.5 Å². The topological polar surface area (TPSA) is 72.1 Å². The van der Waals surface area contributed by atoms with Crippen LogP contribution in [-0.2, 0) is 11.3 Å². The molecule has 0 aromatic heterocycles. The molecule has 2 aliphatic heterocycles. The molecule has 138 valence electrons. The Morgan fingerprint density at radius 1 is 1.32 bits per heavy atom. The molecule has 2 N–H and O–H groups in total. The van der Waals surface area contributed by atoms with E-state index in [-0.39, 0.29) is 12.1 Å². The van der Waals surface area contributed by atoms with Gasteiger partial charge in [0, 0.05) is 31.2 Å². The second-order valence-corrected chi connectivity index (χ2v) is 6.46. The SMILES string of the molecule is COc1cccc(CNC(=O)NC[C@@H]2CN3CCC[C@@H]3CO2)c1OC. The molecule has 2 atom stereocenters. The van der Waals surface area contributed by atoms with Crippen molar-refractivity contribution in [3.05, 3.63) is 23.8 Å². The van der Waals surface area contributed by atoms with Crippen molar-refractivity contribution in [2.24, 2.45) is 0 Å². The van der Waals surface area contributed by atoms with E-state index >= 15 is 0 Å². The number of rotatable bonds is 6. The Kier molecular flexibility index (Phi) is 5.99. The van der Waals surface area contributed by atoms with Gasteiger partial charge in [0.15, 0.2) is 11.5 Å². The number of nitrogens with zero attached hydrogens (tertiary/aromatic N) is 1. The van der Waals surface area contributed by atoms with Gasteiger partial charge in [-0.05, 0) is 25.5 Å². The second-order valence-electron chi connectivity index (χ2n) is 6.46. The molecule has 2 amide bonds. The Morgan fingerprint density at radius 3 is 3.00 bits per heavy atom. The average molecular weight is 349 g/mol. The fourth-order valence-electron chi connectivity index (χ4n) is 3.55. The molecular formula is C18H27N3O4. The lowest BCUT2D eigenvalue weighted by Crippen LogP contribution is -2.51. The van der Waals surface area contributed by atoms with Gasteiger partial charge >= 0.3 is 6.03 Å². The molecule has 0 radical (unpaired) electrons. The van der Waals surface area contributed by atoms with Gasteiger partial charge < -0.3 is 24.8 Å². The van der Waals surface area contributed by atoms with E-state index in [1.54, 1.807) is 14.2 Å². The lowest BCUT2D eigenvalue weighted by atomic mass is 10.2. The van der Waals surface area contributed by atoms with Crippen molar-refractivity contribution in [2.75, 3.05) is 40.5 Å². The average Bonchev–Trinajstić information content (AvgIpc) is 3.11. The van der Waals surface area contributed by atoms with E-state index in [4.69, 9.17) is 14.2 Å². The normalized spacial score (nSPS) is 23.0. The summed E-state index contributed by atoms with van der Waals surface area (Å²) in [5.74, 6) is 1.29. The molecule has 1 aromatic rings. The van der Waals surface area contributed by atoms with Gasteiger partial charge in [0.05, 0.1) is 26.9 Å². The minimum atomic E-state index is -0.211. The molecule has 0 aliphatic carbocycles. The van der Waals surface area contributed by atoms with Crippen LogP contribution in [0.2, 0.25) is 0 Å². The highest BCUT2D eigenvalue weighted by molar-refractivity contribution is 5.74. The van der Waals surface area contributed by atoms with Crippen LogP contribution in [0.3, 0.4) is 0 Å². The first-order chi connectivity index (χ1) is 12.2. The van der Waals surface area contributed by atoms with E-state index in [1.165, 1.54) is 12.8 Å². The maximum atomic E-state index is 12.1. The number of benzene rings is 1. The van der Waals surface area contributed by atoms with Gasteiger partial charge in [-0.1, -0.05) is 12.1 Å². The number of amides is 2. The van der Waals surface area contributed by atoms with Gasteiger partial charge in [-0.15, -0.1) is 0 Å². The highest BCUT2D eigenvalue weighted by Gasteiger charge is 2.32. The summed E-state index contributed by atoms with van der Waals surface area (Å²) < 4.78 is 16.5. The molecule has 7 nitrogen and oxygen atoms in total. The maximum absolute atomic E-state index is 12.1. The lowest BCUT2D eigenvalue weighted by Gasteiger charge is -2.35. The number of hydrogen-bond donors (Lipinski definition) is 2. The molecule has 2 saturated heterocycles. The largest absolute Gasteiger partial charge is 0.493 e. The van der Waals surface area contributed by atoms with Gasteiger partial charge in [0.1, 0.15) is 0 Å². The number of methoxy groups -OCH3 is 2. The zero-order chi connectivity index (χ0) is 17.6. The molecule has 0 spiro atoms. The molecule has 0 unspecified atom stereocenters. The van der Waals surface area contributed by atoms with Crippen LogP contribution in [0.4, 0.5) is 4.79 Å². The van der Waals surface area contributed by atoms with Gasteiger partial charge in [-0.2, -0.15) is 0 Å². The first-order valence-electron chi connectivity index (χ1n) is 8.78. The first kappa shape index (κ1) is 17.8. The molecule has 2 heterocycles. The van der Waals surface area contributed by atoms with Crippen molar-refractivity contribution in [1.82, 2.24) is 15.5 Å². The molecule has 7 heteroatoms. The maximum Gasteiger partial charge on any atom is 0.315 e. The van der Waals surface area contributed by atoms with Crippen LogP contribution >= 0.6 is 0 Å². The Bertz CT molecular complexity index is 596. The summed E-state index contributed by atoms with van der Waals surface area (Å²) in [4.78, 5) is 14.5. The number of carbonyl (C=O) groups excluding carboxylic acids is 1. The molecule has 0 saturated carbocycles. The van der Waals surface area contributed by atoms with Gasteiger partial charge in [0.2, 0.25) is 0 Å². The zero-order valence-corrected chi connectivity index (χ0v) is 14.9. The Balaban J connectivity index is 1.44. The van der Waals surface area contributed by atoms with Crippen molar-refractivity contribution in [3.63, 3.8) is 0 Å². The lowest BCUT2D eigenvalue weighted by molar-refractivity contribution is -0.0457. The summed E-state index contributed by atoms with van der Waals surface area (Å²) in [5.41, 5.74) is 0.867. The fourth-order valence-corrected chi connectivity index (χ4v) is 3.55. The van der Waals surface area contributed by atoms with Crippen LogP contribution < -0.4 is 20.1 Å². The van der Waals surface area contributed by atoms with Crippen LogP contribution in [0.1, 0.15) is 18.4 Å². The number of fused-ring (bicyclic) bond motifs is 1. The van der Waals surface area contributed by atoms with Crippen LogP contribution in [0.25, 0.3) is 0 Å². The quantitative estimate of drug-likeness (QED) is 0.812. The van der Waals surface area contributed by atoms with Crippen LogP contribution in [0, 0.1) is 0 Å². The van der Waals surface area contributed by atoms with Gasteiger partial charge in [0.25, 0.3) is 0 Å². The molecule has 25 heavy (non-hydrogen) atoms. The van der Waals surface area contributed by atoms with E-state index in [9.17, 15) is 4.79 Å². The predicted octanol–water partition coefficient (Wildman–Crippen LogP) is 1.37. The summed E-state index contributed by atoms with van der Waals surface area (Å²) in [6.07, 6.45) is 2.53. The number of ether oxygens (including phenoxy) is 3. The fraction of sp³-hybridized carbons (Fsp3) is 0.611. The Hall–Kier alpha value is -1.99. The van der Waals surface area contributed by atoms with E-state index in [1.807, 2.05) is 18.2 Å². The van der Waals surface area contributed by atoms with Gasteiger partial charge in [-0.3, -0.25) is 4.90 Å². The minimum Gasteiger partial charge on any atom is -0.493 e. The van der Waals surface area contributed by atoms with E-state index in [0.29, 0.717) is 30.6 Å². The molecule has 0 bridgehead atoms. The zero-order valence-electron chi connectivity index (χ0n) is 14.9. The summed E-state index contributed by atoms with van der Waals surface area (Å²) >= 11 is 0. The molecule has 3 rings (SSSR count). The predicted molar refractivity (Wildman–Crippen MR) is 94.1 cm³/mol. The number of hydrogen-bond acceptors (Lipinski definition) is 5. The van der Waals surface area contributed by atoms with Crippen molar-refractivity contribution < 1.29 is 19.0 Å². The third kappa shape index (κ3) is 4.35. The highest BCUT2D eigenvalue weighted by Crippen LogP contribution is 2.30. The standard InChI is InChI=1S/C18H27N3O4/c1-23-16-7-3-5-13(17(16)24-2)9-19-18(22)20-10-15-11-21-8-4-6-14(21)12-25-15/h3,5,7,14-15H,4,6,8-12H2,1-2H3,(H2,19,20,22)/t14-,15-/m1/s1. The molecule has 2 fully saturated rings. The molecule has 1 aromatic carbocycles. The van der Waals surface area contributed by atoms with Crippen LogP contribution in [0.5, 0.6) is 11.5 Å². The number of para-hydroxylation sites is 1. The summed E-state index contributed by atoms with van der Waals surface area (Å²) in [5, 5.41) is 5.75. The highest BCUT2D eigenvalue weighted by atomic mass is 16.5. The Morgan fingerprint density at radius 2 is 2.20 bits per heavy atom. The van der Waals surface area contributed by atoms with E-state index in [0.717, 1.165) is 25.3 Å². The molecular weight excluding hydrogens is 322 g/mol. The number of carbonyl (C=O) groups is 1. The van der Waals surface area contributed by atoms with Gasteiger partial charge in [-0.25, -0.2) is 4.79 Å². The van der Waals surface area contributed by atoms with Crippen molar-refractivity contribution in [1.29, 1.82) is 0 Å². The first-order valence-corrected chi connectivity index (χ1v) is 8.78. The number of urea groups is 1.